The van der Waals surface area contributed by atoms with Gasteiger partial charge in [-0.2, -0.15) is 13.5 Å². The zero-order chi connectivity index (χ0) is 22.9. The predicted octanol–water partition coefficient (Wildman–Crippen LogP) is 4.42. The molecular formula is C23H19N7OS2. The van der Waals surface area contributed by atoms with E-state index in [9.17, 15) is 4.79 Å². The third-order valence-corrected chi connectivity index (χ3v) is 6.05. The van der Waals surface area contributed by atoms with Gasteiger partial charge in [-0.1, -0.05) is 19.1 Å². The molecule has 0 bridgehead atoms. The van der Waals surface area contributed by atoms with E-state index >= 15 is 0 Å². The van der Waals surface area contributed by atoms with Crippen LogP contribution in [0.3, 0.4) is 0 Å². The van der Waals surface area contributed by atoms with Gasteiger partial charge in [0.15, 0.2) is 5.11 Å². The van der Waals surface area contributed by atoms with E-state index < -0.39 is 0 Å². The molecule has 2 aromatic heterocycles. The van der Waals surface area contributed by atoms with Crippen molar-refractivity contribution in [2.75, 3.05) is 5.32 Å². The molecule has 0 saturated heterocycles. The number of fused-ring (bicyclic) bond motifs is 2. The van der Waals surface area contributed by atoms with Gasteiger partial charge in [-0.05, 0) is 79.2 Å². The van der Waals surface area contributed by atoms with Crippen molar-refractivity contribution in [1.82, 2.24) is 29.1 Å². The summed E-state index contributed by atoms with van der Waals surface area (Å²) in [7, 11) is 0. The Morgan fingerprint density at radius 2 is 1.70 bits per heavy atom. The average Bonchev–Trinajstić information content (AvgIpc) is 3.45. The first-order chi connectivity index (χ1) is 16.0. The topological polar surface area (TPSA) is 97.6 Å². The fourth-order valence-corrected chi connectivity index (χ4v) is 4.16. The number of nitrogens with zero attached hydrogens (tertiary/aromatic N) is 5. The highest BCUT2D eigenvalue weighted by Gasteiger charge is 2.13. The second-order valence-corrected chi connectivity index (χ2v) is 8.48. The Morgan fingerprint density at radius 1 is 0.970 bits per heavy atom. The molecule has 0 unspecified atom stereocenters. The van der Waals surface area contributed by atoms with Crippen LogP contribution in [0.25, 0.3) is 27.8 Å². The van der Waals surface area contributed by atoms with Crippen LogP contribution in [0.2, 0.25) is 0 Å². The van der Waals surface area contributed by atoms with Crippen LogP contribution in [0.1, 0.15) is 28.4 Å². The number of nitrogens with one attached hydrogen (secondary N) is 2. The monoisotopic (exact) mass is 473 g/mol. The van der Waals surface area contributed by atoms with Crippen molar-refractivity contribution in [3.63, 3.8) is 0 Å². The van der Waals surface area contributed by atoms with E-state index in [0.717, 1.165) is 51.6 Å². The number of rotatable bonds is 4. The number of aryl methyl sites for hydroxylation is 2. The van der Waals surface area contributed by atoms with Gasteiger partial charge in [0.05, 0.1) is 17.4 Å². The number of anilines is 1. The zero-order valence-electron chi connectivity index (χ0n) is 17.9. The van der Waals surface area contributed by atoms with E-state index in [0.29, 0.717) is 11.1 Å². The minimum absolute atomic E-state index is 0.196. The van der Waals surface area contributed by atoms with Gasteiger partial charge in [-0.15, -0.1) is 10.2 Å². The summed E-state index contributed by atoms with van der Waals surface area (Å²) >= 11 is 6.48. The van der Waals surface area contributed by atoms with Crippen LogP contribution in [-0.2, 0) is 6.42 Å². The van der Waals surface area contributed by atoms with E-state index in [4.69, 9.17) is 12.2 Å². The van der Waals surface area contributed by atoms with Gasteiger partial charge in [0.1, 0.15) is 22.1 Å². The number of hydrogen-bond donors (Lipinski definition) is 2. The van der Waals surface area contributed by atoms with Crippen molar-refractivity contribution in [3.8, 4) is 5.69 Å². The summed E-state index contributed by atoms with van der Waals surface area (Å²) in [6.07, 6.45) is 0.982. The first-order valence-corrected chi connectivity index (χ1v) is 11.5. The summed E-state index contributed by atoms with van der Waals surface area (Å²) in [6.45, 7) is 4.07. The van der Waals surface area contributed by atoms with Gasteiger partial charge in [0.2, 0.25) is 0 Å². The second kappa shape index (κ2) is 8.64. The molecule has 3 aromatic carbocycles. The van der Waals surface area contributed by atoms with E-state index in [1.807, 2.05) is 31.2 Å². The number of carbonyl (C=O) groups excluding carboxylic acids is 1. The molecule has 0 fully saturated rings. The number of hydrogen-bond acceptors (Lipinski definition) is 7. The lowest BCUT2D eigenvalue weighted by molar-refractivity contribution is 0.0978. The second-order valence-electron chi connectivity index (χ2n) is 7.54. The first kappa shape index (κ1) is 21.1. The molecule has 33 heavy (non-hydrogen) atoms. The van der Waals surface area contributed by atoms with Gasteiger partial charge in [0, 0.05) is 11.3 Å². The fourth-order valence-electron chi connectivity index (χ4n) is 3.44. The highest BCUT2D eigenvalue weighted by molar-refractivity contribution is 7.80. The Labute approximate surface area is 199 Å². The molecule has 164 valence electrons. The summed E-state index contributed by atoms with van der Waals surface area (Å²) in [5, 5.41) is 15.2. The maximum atomic E-state index is 12.6. The summed E-state index contributed by atoms with van der Waals surface area (Å²) in [5.41, 5.74) is 7.24. The van der Waals surface area contributed by atoms with Crippen LogP contribution >= 0.6 is 23.9 Å². The van der Waals surface area contributed by atoms with Crippen molar-refractivity contribution in [3.05, 3.63) is 71.3 Å². The summed E-state index contributed by atoms with van der Waals surface area (Å²) in [4.78, 5) is 14.2. The Balaban J connectivity index is 1.33. The van der Waals surface area contributed by atoms with E-state index in [-0.39, 0.29) is 11.0 Å². The number of thiocarbonyl (C=S) groups is 1. The van der Waals surface area contributed by atoms with Crippen molar-refractivity contribution in [2.45, 2.75) is 20.3 Å². The number of aromatic nitrogens is 5. The lowest BCUT2D eigenvalue weighted by Gasteiger charge is -2.11. The SMILES string of the molecule is CCc1ccc(-n2nc3cc(C)c(NC(=S)NC(=O)c4ccc5nsnc5c4)cc3n2)cc1. The van der Waals surface area contributed by atoms with E-state index in [1.165, 1.54) is 5.56 Å². The Hall–Kier alpha value is -3.76. The van der Waals surface area contributed by atoms with Crippen LogP contribution in [0.5, 0.6) is 0 Å². The van der Waals surface area contributed by atoms with Gasteiger partial charge >= 0.3 is 0 Å². The molecule has 2 heterocycles. The number of amides is 1. The highest BCUT2D eigenvalue weighted by atomic mass is 32.1. The standard InChI is InChI=1S/C23H19N7OS2/c1-3-14-4-7-16(8-5-14)30-26-19-10-13(2)18(12-20(19)27-30)24-23(32)25-22(31)15-6-9-17-21(11-15)29-33-28-17/h4-12H,3H2,1-2H3,(H2,24,25,31,32). The first-order valence-electron chi connectivity index (χ1n) is 10.3. The van der Waals surface area contributed by atoms with Crippen molar-refractivity contribution >= 4 is 62.7 Å². The van der Waals surface area contributed by atoms with Crippen molar-refractivity contribution < 1.29 is 4.79 Å². The third-order valence-electron chi connectivity index (χ3n) is 5.29. The van der Waals surface area contributed by atoms with Crippen LogP contribution < -0.4 is 10.6 Å². The van der Waals surface area contributed by atoms with Crippen LogP contribution in [0.15, 0.2) is 54.6 Å². The predicted molar refractivity (Wildman–Crippen MR) is 134 cm³/mol. The van der Waals surface area contributed by atoms with Gasteiger partial charge < -0.3 is 5.32 Å². The lowest BCUT2D eigenvalue weighted by Crippen LogP contribution is -2.34. The lowest BCUT2D eigenvalue weighted by atomic mass is 10.1. The Morgan fingerprint density at radius 3 is 2.45 bits per heavy atom. The maximum absolute atomic E-state index is 12.6. The smallest absolute Gasteiger partial charge is 0.257 e. The van der Waals surface area contributed by atoms with Crippen LogP contribution in [-0.4, -0.2) is 34.8 Å². The molecule has 1 amide bonds. The molecule has 8 nitrogen and oxygen atoms in total. The highest BCUT2D eigenvalue weighted by Crippen LogP contribution is 2.22. The molecule has 2 N–H and O–H groups in total. The van der Waals surface area contributed by atoms with Crippen LogP contribution in [0.4, 0.5) is 5.69 Å². The molecule has 0 radical (unpaired) electrons. The molecule has 5 rings (SSSR count). The molecule has 0 spiro atoms. The van der Waals surface area contributed by atoms with Gasteiger partial charge in [-0.25, -0.2) is 0 Å². The number of benzene rings is 3. The normalized spacial score (nSPS) is 11.1. The maximum Gasteiger partial charge on any atom is 0.257 e. The molecular weight excluding hydrogens is 454 g/mol. The largest absolute Gasteiger partial charge is 0.332 e. The minimum atomic E-state index is -0.317. The van der Waals surface area contributed by atoms with Crippen molar-refractivity contribution in [2.24, 2.45) is 0 Å². The summed E-state index contributed by atoms with van der Waals surface area (Å²) < 4.78 is 8.32. The summed E-state index contributed by atoms with van der Waals surface area (Å²) in [5.74, 6) is -0.317. The summed E-state index contributed by atoms with van der Waals surface area (Å²) in [6, 6.07) is 17.1. The number of carbonyl (C=O) groups is 1. The van der Waals surface area contributed by atoms with E-state index in [2.05, 4.69) is 48.6 Å². The third kappa shape index (κ3) is 4.30. The Kier molecular flexibility index (Phi) is 5.53. The van der Waals surface area contributed by atoms with Gasteiger partial charge in [0.25, 0.3) is 5.91 Å². The fraction of sp³-hybridized carbons (Fsp3) is 0.130. The molecule has 5 aromatic rings. The molecule has 0 saturated carbocycles. The average molecular weight is 474 g/mol. The molecule has 0 aliphatic carbocycles. The van der Waals surface area contributed by atoms with Crippen LogP contribution in [0, 0.1) is 6.92 Å². The minimum Gasteiger partial charge on any atom is -0.332 e. The molecule has 0 aliphatic heterocycles. The Bertz CT molecular complexity index is 1500. The quantitative estimate of drug-likeness (QED) is 0.373. The van der Waals surface area contributed by atoms with Gasteiger partial charge in [-0.3, -0.25) is 10.1 Å². The molecule has 10 heteroatoms. The van der Waals surface area contributed by atoms with E-state index in [1.54, 1.807) is 23.0 Å². The molecule has 0 atom stereocenters. The van der Waals surface area contributed by atoms with Crippen molar-refractivity contribution in [1.29, 1.82) is 0 Å². The molecule has 0 aliphatic rings. The zero-order valence-corrected chi connectivity index (χ0v) is 19.5.